The Morgan fingerprint density at radius 2 is 1.81 bits per heavy atom. The summed E-state index contributed by atoms with van der Waals surface area (Å²) in [6.45, 7) is 2.60. The van der Waals surface area contributed by atoms with E-state index in [1.165, 1.54) is 17.8 Å². The maximum Gasteiger partial charge on any atom is 1.00 e. The van der Waals surface area contributed by atoms with Gasteiger partial charge in [-0.2, -0.15) is 0 Å². The summed E-state index contributed by atoms with van der Waals surface area (Å²) >= 11 is 1.20. The van der Waals surface area contributed by atoms with E-state index in [0.29, 0.717) is 30.0 Å². The van der Waals surface area contributed by atoms with Crippen LogP contribution in [0.2, 0.25) is 0 Å². The number of aliphatic carboxylic acids is 1. The molecule has 2 atom stereocenters. The maximum absolute atomic E-state index is 15.0. The van der Waals surface area contributed by atoms with Gasteiger partial charge in [-0.15, -0.1) is 11.8 Å². The first-order chi connectivity index (χ1) is 22.2. The molecule has 3 aromatic rings. The SMILES string of the molecule is CCn1c(C(=O)OCC2=C(C(=O)[O-])N3C(=O)[C@@H](NC(=O)COc4ccccc4)[C@H]3SC2)cc(=O)c2cc(F)c(N3CCCC3)cc21.[Na+]. The Morgan fingerprint density at radius 3 is 2.49 bits per heavy atom. The number of amides is 2. The molecule has 6 rings (SSSR count). The molecule has 2 aromatic carbocycles. The molecule has 3 aliphatic rings. The van der Waals surface area contributed by atoms with Crippen molar-refractivity contribution in [1.29, 1.82) is 0 Å². The number of ether oxygens (including phenoxy) is 2. The van der Waals surface area contributed by atoms with Gasteiger partial charge < -0.3 is 34.2 Å². The predicted octanol–water partition coefficient (Wildman–Crippen LogP) is -1.60. The number of esters is 1. The molecule has 1 N–H and O–H groups in total. The van der Waals surface area contributed by atoms with E-state index in [4.69, 9.17) is 9.47 Å². The van der Waals surface area contributed by atoms with Crippen LogP contribution in [-0.2, 0) is 25.7 Å². The average Bonchev–Trinajstić information content (AvgIpc) is 3.60. The standard InChI is InChI=1S/C32H31FN4O8S.Na/c1-2-36-22-13-23(35-10-6-7-11-35)21(33)12-20(22)25(38)14-24(36)32(43)45-15-18-17-46-30-27(29(40)37(30)28(18)31(41)42)34-26(39)16-44-19-8-4-3-5-9-19;/h3-5,8-9,12-14,27,30H,2,6-7,10-11,15-17H2,1H3,(H,34,39)(H,41,42);/q;+1/p-1/t27-,30-;/m1./s1. The number of β-lactam (4-membered cyclic amide) rings is 1. The Morgan fingerprint density at radius 1 is 1.09 bits per heavy atom. The van der Waals surface area contributed by atoms with Crippen molar-refractivity contribution < 1.29 is 67.7 Å². The van der Waals surface area contributed by atoms with Crippen LogP contribution in [0.1, 0.15) is 30.3 Å². The fraction of sp³-hybridized carbons (Fsp3) is 0.344. The molecule has 4 heterocycles. The number of carboxylic acids is 1. The first-order valence-corrected chi connectivity index (χ1v) is 15.9. The molecule has 3 aliphatic heterocycles. The summed E-state index contributed by atoms with van der Waals surface area (Å²) in [5, 5.41) is 14.2. The van der Waals surface area contributed by atoms with E-state index in [9.17, 15) is 33.5 Å². The van der Waals surface area contributed by atoms with Crippen LogP contribution in [0.3, 0.4) is 0 Å². The Labute approximate surface area is 295 Å². The van der Waals surface area contributed by atoms with Gasteiger partial charge in [0, 0.05) is 42.4 Å². The third-order valence-corrected chi connectivity index (χ3v) is 9.54. The minimum absolute atomic E-state index is 0. The van der Waals surface area contributed by atoms with Crippen molar-refractivity contribution in [2.24, 2.45) is 0 Å². The Balaban J connectivity index is 0.00000433. The number of benzene rings is 2. The van der Waals surface area contributed by atoms with Crippen molar-refractivity contribution in [3.63, 3.8) is 0 Å². The minimum atomic E-state index is -1.63. The molecule has 2 amide bonds. The number of carboxylic acid groups (broad SMARTS) is 1. The van der Waals surface area contributed by atoms with Gasteiger partial charge in [-0.3, -0.25) is 19.3 Å². The first kappa shape index (κ1) is 34.5. The second-order valence-corrected chi connectivity index (χ2v) is 12.1. The summed E-state index contributed by atoms with van der Waals surface area (Å²) < 4.78 is 27.4. The van der Waals surface area contributed by atoms with Crippen LogP contribution in [0.4, 0.5) is 10.1 Å². The van der Waals surface area contributed by atoms with E-state index in [2.05, 4.69) is 5.32 Å². The second kappa shape index (κ2) is 14.5. The quantitative estimate of drug-likeness (QED) is 0.152. The van der Waals surface area contributed by atoms with Gasteiger partial charge in [0.15, 0.2) is 12.0 Å². The fourth-order valence-corrected chi connectivity index (χ4v) is 7.31. The summed E-state index contributed by atoms with van der Waals surface area (Å²) in [7, 11) is 0. The van der Waals surface area contributed by atoms with Crippen molar-refractivity contribution in [3.8, 4) is 5.75 Å². The van der Waals surface area contributed by atoms with Crippen LogP contribution in [0.5, 0.6) is 5.75 Å². The molecule has 15 heteroatoms. The van der Waals surface area contributed by atoms with Gasteiger partial charge in [0.25, 0.3) is 11.8 Å². The molecule has 0 aliphatic carbocycles. The molecule has 0 radical (unpaired) electrons. The number of carbonyl (C=O) groups excluding carboxylic acids is 4. The number of rotatable bonds is 10. The van der Waals surface area contributed by atoms with Gasteiger partial charge >= 0.3 is 35.5 Å². The number of pyridine rings is 1. The van der Waals surface area contributed by atoms with E-state index in [0.717, 1.165) is 23.8 Å². The second-order valence-electron chi connectivity index (χ2n) is 11.0. The monoisotopic (exact) mass is 672 g/mol. The molecule has 2 fully saturated rings. The normalized spacial score (nSPS) is 18.7. The molecule has 0 saturated carbocycles. The number of nitrogens with zero attached hydrogens (tertiary/aromatic N) is 3. The number of halogens is 1. The van der Waals surface area contributed by atoms with Crippen molar-refractivity contribution in [2.75, 3.05) is 37.0 Å². The van der Waals surface area contributed by atoms with E-state index in [-0.39, 0.29) is 65.1 Å². The smallest absolute Gasteiger partial charge is 0.543 e. The number of anilines is 1. The molecule has 0 spiro atoms. The van der Waals surface area contributed by atoms with Crippen LogP contribution in [0.25, 0.3) is 10.9 Å². The summed E-state index contributed by atoms with van der Waals surface area (Å²) in [4.78, 5) is 66.8. The average molecular weight is 673 g/mol. The largest absolute Gasteiger partial charge is 1.00 e. The molecule has 2 saturated heterocycles. The van der Waals surface area contributed by atoms with Gasteiger partial charge in [0.1, 0.15) is 35.3 Å². The molecular weight excluding hydrogens is 642 g/mol. The van der Waals surface area contributed by atoms with Gasteiger partial charge in [0.2, 0.25) is 0 Å². The molecule has 1 aromatic heterocycles. The summed E-state index contributed by atoms with van der Waals surface area (Å²) in [6.07, 6.45) is 1.85. The van der Waals surface area contributed by atoms with Crippen LogP contribution in [0.15, 0.2) is 64.6 Å². The number of nitrogens with one attached hydrogen (secondary N) is 1. The van der Waals surface area contributed by atoms with Crippen LogP contribution in [0, 0.1) is 5.82 Å². The zero-order chi connectivity index (χ0) is 32.5. The van der Waals surface area contributed by atoms with Gasteiger partial charge in [-0.1, -0.05) is 18.2 Å². The number of aryl methyl sites for hydroxylation is 1. The number of hydrogen-bond acceptors (Lipinski definition) is 10. The zero-order valence-corrected chi connectivity index (χ0v) is 28.6. The first-order valence-electron chi connectivity index (χ1n) is 14.8. The van der Waals surface area contributed by atoms with E-state index >= 15 is 0 Å². The molecular formula is C32H30FN4NaO8S. The Bertz CT molecular complexity index is 1830. The molecule has 12 nitrogen and oxygen atoms in total. The van der Waals surface area contributed by atoms with Crippen molar-refractivity contribution >= 4 is 52.1 Å². The van der Waals surface area contributed by atoms with Crippen molar-refractivity contribution in [3.05, 3.63) is 81.5 Å². The summed E-state index contributed by atoms with van der Waals surface area (Å²) in [5.74, 6) is -3.67. The molecule has 240 valence electrons. The fourth-order valence-electron chi connectivity index (χ4n) is 5.98. The van der Waals surface area contributed by atoms with Gasteiger partial charge in [-0.05, 0) is 44.0 Å². The summed E-state index contributed by atoms with van der Waals surface area (Å²) in [5.41, 5.74) is -0.194. The van der Waals surface area contributed by atoms with Gasteiger partial charge in [0.05, 0.1) is 22.9 Å². The van der Waals surface area contributed by atoms with Crippen LogP contribution >= 0.6 is 11.8 Å². The topological polar surface area (TPSA) is 150 Å². The molecule has 0 bridgehead atoms. The Kier molecular flexibility index (Phi) is 10.6. The number of hydrogen-bond donors (Lipinski definition) is 1. The molecule has 0 unspecified atom stereocenters. The van der Waals surface area contributed by atoms with Crippen LogP contribution < -0.4 is 55.0 Å². The molecule has 47 heavy (non-hydrogen) atoms. The third-order valence-electron chi connectivity index (χ3n) is 8.20. The predicted molar refractivity (Wildman–Crippen MR) is 165 cm³/mol. The number of para-hydroxylation sites is 1. The van der Waals surface area contributed by atoms with Gasteiger partial charge in [-0.25, -0.2) is 9.18 Å². The Hall–Kier alpha value is -3.85. The van der Waals surface area contributed by atoms with E-state index < -0.39 is 58.7 Å². The number of carbonyl (C=O) groups is 4. The zero-order valence-electron chi connectivity index (χ0n) is 25.8. The van der Waals surface area contributed by atoms with E-state index in [1.54, 1.807) is 47.9 Å². The van der Waals surface area contributed by atoms with Crippen LogP contribution in [-0.4, -0.2) is 76.7 Å². The summed E-state index contributed by atoms with van der Waals surface area (Å²) in [6, 6.07) is 11.5. The number of aromatic nitrogens is 1. The minimum Gasteiger partial charge on any atom is -0.543 e. The van der Waals surface area contributed by atoms with Crippen molar-refractivity contribution in [1.82, 2.24) is 14.8 Å². The van der Waals surface area contributed by atoms with E-state index in [1.807, 2.05) is 4.90 Å². The third kappa shape index (κ3) is 6.77. The van der Waals surface area contributed by atoms with Crippen molar-refractivity contribution in [2.45, 2.75) is 37.7 Å². The number of fused-ring (bicyclic) bond motifs is 2. The maximum atomic E-state index is 15.0. The number of thioether (sulfide) groups is 1.